The van der Waals surface area contributed by atoms with Gasteiger partial charge in [0.2, 0.25) is 0 Å². The number of unbranched alkanes of at least 4 members (excludes halogenated alkanes) is 17. The van der Waals surface area contributed by atoms with E-state index < -0.39 is 49.4 Å². The van der Waals surface area contributed by atoms with Gasteiger partial charge in [-0.05, 0) is 44.9 Å². The standard InChI is InChI=1S/C43H76O10/c1-3-5-7-9-11-13-15-17-18-20-22-24-26-28-30-32-39(46)52-36(35-51-43-42(49)41(48)40(47)37(33-44)53-43)34-50-38(45)31-29-27-25-23-21-19-16-14-12-10-8-6-4-2/h5,7,11,13,17-18,36-37,40-44,47-49H,3-4,6,8-10,12,14-16,19-35H2,1-2H3/b7-5-,13-11-,18-17-/t36?,37-,40+,41+,42-,43-/m1/s1. The van der Waals surface area contributed by atoms with Gasteiger partial charge in [0.1, 0.15) is 31.0 Å². The Bertz CT molecular complexity index is 965. The Hall–Kier alpha value is -2.08. The summed E-state index contributed by atoms with van der Waals surface area (Å²) in [5.41, 5.74) is 0. The zero-order valence-electron chi connectivity index (χ0n) is 33.3. The Morgan fingerprint density at radius 3 is 1.68 bits per heavy atom. The largest absolute Gasteiger partial charge is 0.462 e. The fourth-order valence-electron chi connectivity index (χ4n) is 6.20. The van der Waals surface area contributed by atoms with Gasteiger partial charge in [-0.2, -0.15) is 0 Å². The number of hydrogen-bond acceptors (Lipinski definition) is 10. The molecule has 1 rings (SSSR count). The van der Waals surface area contributed by atoms with Crippen LogP contribution in [-0.4, -0.2) is 89.0 Å². The lowest BCUT2D eigenvalue weighted by Crippen LogP contribution is -2.59. The van der Waals surface area contributed by atoms with Gasteiger partial charge in [-0.1, -0.05) is 147 Å². The first kappa shape index (κ1) is 48.9. The van der Waals surface area contributed by atoms with E-state index in [4.69, 9.17) is 18.9 Å². The third kappa shape index (κ3) is 26.4. The fourth-order valence-corrected chi connectivity index (χ4v) is 6.20. The van der Waals surface area contributed by atoms with Gasteiger partial charge in [-0.15, -0.1) is 0 Å². The Kier molecular flexibility index (Phi) is 31.8. The SMILES string of the molecule is CC/C=C\C/C=C\C/C=C\CCCCCCCC(=O)OC(COC(=O)CCCCCCCCCCCCCCC)CO[C@@H]1O[C@H](CO)[C@H](O)[C@H](O)[C@H]1O. The molecule has 0 spiro atoms. The molecule has 53 heavy (non-hydrogen) atoms. The number of ether oxygens (including phenoxy) is 4. The van der Waals surface area contributed by atoms with Gasteiger partial charge in [0.15, 0.2) is 12.4 Å². The van der Waals surface area contributed by atoms with E-state index >= 15 is 0 Å². The molecule has 0 radical (unpaired) electrons. The maximum Gasteiger partial charge on any atom is 0.306 e. The van der Waals surface area contributed by atoms with Crippen LogP contribution in [0.15, 0.2) is 36.5 Å². The Morgan fingerprint density at radius 1 is 0.604 bits per heavy atom. The second-order valence-electron chi connectivity index (χ2n) is 14.4. The molecule has 1 aliphatic rings. The number of carbonyl (C=O) groups is 2. The van der Waals surface area contributed by atoms with E-state index in [1.807, 2.05) is 0 Å². The number of aliphatic hydroxyl groups is 4. The molecule has 1 unspecified atom stereocenters. The van der Waals surface area contributed by atoms with Crippen molar-refractivity contribution in [2.24, 2.45) is 0 Å². The summed E-state index contributed by atoms with van der Waals surface area (Å²) < 4.78 is 22.1. The first-order chi connectivity index (χ1) is 25.8. The molecular weight excluding hydrogens is 676 g/mol. The van der Waals surface area contributed by atoms with Crippen molar-refractivity contribution in [3.63, 3.8) is 0 Å². The minimum atomic E-state index is -1.60. The molecule has 0 bridgehead atoms. The van der Waals surface area contributed by atoms with Crippen molar-refractivity contribution in [3.8, 4) is 0 Å². The molecule has 10 nitrogen and oxygen atoms in total. The normalized spacial score (nSPS) is 21.2. The molecule has 1 heterocycles. The second-order valence-corrected chi connectivity index (χ2v) is 14.4. The van der Waals surface area contributed by atoms with Crippen molar-refractivity contribution in [3.05, 3.63) is 36.5 Å². The molecule has 6 atom stereocenters. The molecule has 0 saturated carbocycles. The highest BCUT2D eigenvalue weighted by atomic mass is 16.7. The molecule has 308 valence electrons. The maximum absolute atomic E-state index is 12.7. The predicted molar refractivity (Wildman–Crippen MR) is 210 cm³/mol. The van der Waals surface area contributed by atoms with Crippen molar-refractivity contribution >= 4 is 11.9 Å². The zero-order chi connectivity index (χ0) is 38.8. The first-order valence-corrected chi connectivity index (χ1v) is 21.1. The van der Waals surface area contributed by atoms with Crippen LogP contribution in [-0.2, 0) is 28.5 Å². The third-order valence-corrected chi connectivity index (χ3v) is 9.54. The molecule has 1 aliphatic heterocycles. The van der Waals surface area contributed by atoms with E-state index in [0.29, 0.717) is 6.42 Å². The smallest absolute Gasteiger partial charge is 0.306 e. The maximum atomic E-state index is 12.7. The molecule has 1 saturated heterocycles. The number of aliphatic hydroxyl groups excluding tert-OH is 4. The van der Waals surface area contributed by atoms with Crippen LogP contribution in [0.25, 0.3) is 0 Å². The molecule has 10 heteroatoms. The zero-order valence-corrected chi connectivity index (χ0v) is 33.3. The lowest BCUT2D eigenvalue weighted by molar-refractivity contribution is -0.305. The predicted octanol–water partition coefficient (Wildman–Crippen LogP) is 8.33. The summed E-state index contributed by atoms with van der Waals surface area (Å²) >= 11 is 0. The highest BCUT2D eigenvalue weighted by molar-refractivity contribution is 5.70. The van der Waals surface area contributed by atoms with Crippen LogP contribution in [0.3, 0.4) is 0 Å². The average Bonchev–Trinajstić information content (AvgIpc) is 3.15. The lowest BCUT2D eigenvalue weighted by atomic mass is 9.99. The van der Waals surface area contributed by atoms with E-state index in [2.05, 4.69) is 50.3 Å². The summed E-state index contributed by atoms with van der Waals surface area (Å²) in [5, 5.41) is 40.0. The second kappa shape index (κ2) is 34.4. The molecule has 1 fully saturated rings. The van der Waals surface area contributed by atoms with E-state index in [0.717, 1.165) is 70.6 Å². The van der Waals surface area contributed by atoms with E-state index in [1.54, 1.807) is 0 Å². The Labute approximate surface area is 321 Å². The number of hydrogen-bond donors (Lipinski definition) is 4. The van der Waals surface area contributed by atoms with E-state index in [9.17, 15) is 30.0 Å². The van der Waals surface area contributed by atoms with Crippen LogP contribution in [0.5, 0.6) is 0 Å². The summed E-state index contributed by atoms with van der Waals surface area (Å²) in [6.45, 7) is 3.28. The molecule has 0 aliphatic carbocycles. The van der Waals surface area contributed by atoms with Crippen LogP contribution in [0.2, 0.25) is 0 Å². The highest BCUT2D eigenvalue weighted by Crippen LogP contribution is 2.22. The van der Waals surface area contributed by atoms with Gasteiger partial charge in [0, 0.05) is 12.8 Å². The van der Waals surface area contributed by atoms with Gasteiger partial charge in [0.05, 0.1) is 13.2 Å². The molecule has 0 aromatic carbocycles. The summed E-state index contributed by atoms with van der Waals surface area (Å²) in [4.78, 5) is 25.2. The summed E-state index contributed by atoms with van der Waals surface area (Å²) in [6, 6.07) is 0. The highest BCUT2D eigenvalue weighted by Gasteiger charge is 2.44. The molecule has 0 amide bonds. The summed E-state index contributed by atoms with van der Waals surface area (Å²) in [7, 11) is 0. The average molecular weight is 753 g/mol. The fraction of sp³-hybridized carbons (Fsp3) is 0.814. The van der Waals surface area contributed by atoms with E-state index in [-0.39, 0.29) is 32.0 Å². The van der Waals surface area contributed by atoms with Crippen molar-refractivity contribution in [2.75, 3.05) is 19.8 Å². The Balaban J connectivity index is 2.37. The molecule has 0 aromatic heterocycles. The van der Waals surface area contributed by atoms with Crippen LogP contribution < -0.4 is 0 Å². The van der Waals surface area contributed by atoms with Crippen LogP contribution >= 0.6 is 0 Å². The van der Waals surface area contributed by atoms with Crippen LogP contribution in [0.4, 0.5) is 0 Å². The summed E-state index contributed by atoms with van der Waals surface area (Å²) in [6.07, 6.45) is 30.1. The molecule has 4 N–H and O–H groups in total. The van der Waals surface area contributed by atoms with Crippen molar-refractivity contribution in [2.45, 2.75) is 205 Å². The first-order valence-electron chi connectivity index (χ1n) is 21.1. The van der Waals surface area contributed by atoms with Crippen molar-refractivity contribution < 1.29 is 49.0 Å². The van der Waals surface area contributed by atoms with Gasteiger partial charge < -0.3 is 39.4 Å². The van der Waals surface area contributed by atoms with Crippen molar-refractivity contribution in [1.82, 2.24) is 0 Å². The topological polar surface area (TPSA) is 152 Å². The number of carbonyl (C=O) groups excluding carboxylic acids is 2. The Morgan fingerprint density at radius 2 is 1.11 bits per heavy atom. The summed E-state index contributed by atoms with van der Waals surface area (Å²) in [5.74, 6) is -0.825. The minimum absolute atomic E-state index is 0.211. The number of allylic oxidation sites excluding steroid dienone is 6. The molecular formula is C43H76O10. The van der Waals surface area contributed by atoms with Crippen LogP contribution in [0.1, 0.15) is 168 Å². The minimum Gasteiger partial charge on any atom is -0.462 e. The lowest BCUT2D eigenvalue weighted by Gasteiger charge is -2.39. The van der Waals surface area contributed by atoms with E-state index in [1.165, 1.54) is 64.2 Å². The van der Waals surface area contributed by atoms with Crippen molar-refractivity contribution in [1.29, 1.82) is 0 Å². The number of rotatable bonds is 34. The van der Waals surface area contributed by atoms with Crippen LogP contribution in [0, 0.1) is 0 Å². The van der Waals surface area contributed by atoms with Gasteiger partial charge in [-0.25, -0.2) is 0 Å². The quantitative estimate of drug-likeness (QED) is 0.0287. The number of esters is 2. The third-order valence-electron chi connectivity index (χ3n) is 9.54. The molecule has 0 aromatic rings. The van der Waals surface area contributed by atoms with Gasteiger partial charge in [-0.3, -0.25) is 9.59 Å². The van der Waals surface area contributed by atoms with Gasteiger partial charge in [0.25, 0.3) is 0 Å². The monoisotopic (exact) mass is 753 g/mol. The van der Waals surface area contributed by atoms with Gasteiger partial charge >= 0.3 is 11.9 Å².